The lowest BCUT2D eigenvalue weighted by atomic mass is 10.2. The smallest absolute Gasteiger partial charge is 0.335 e. The van der Waals surface area contributed by atoms with Crippen molar-refractivity contribution in [1.82, 2.24) is 0 Å². The van der Waals surface area contributed by atoms with Gasteiger partial charge in [0.05, 0.1) is 18.9 Å². The van der Waals surface area contributed by atoms with E-state index in [1.165, 1.54) is 19.2 Å². The second-order valence-corrected chi connectivity index (χ2v) is 4.53. The Morgan fingerprint density at radius 1 is 1.31 bits per heavy atom. The highest BCUT2D eigenvalue weighted by Crippen LogP contribution is 2.29. The SMILES string of the molecule is COc1ccc(C(=O)O)cc1OS(C)(=O)=O. The minimum atomic E-state index is -3.73. The molecular weight excluding hydrogens is 236 g/mol. The number of methoxy groups -OCH3 is 1. The van der Waals surface area contributed by atoms with Crippen LogP contribution >= 0.6 is 0 Å². The molecule has 0 fully saturated rings. The topological polar surface area (TPSA) is 89.9 Å². The predicted octanol–water partition coefficient (Wildman–Crippen LogP) is 0.732. The molecule has 6 nitrogen and oxygen atoms in total. The molecule has 1 aromatic carbocycles. The van der Waals surface area contributed by atoms with E-state index in [0.717, 1.165) is 12.3 Å². The first-order valence-electron chi connectivity index (χ1n) is 4.14. The van der Waals surface area contributed by atoms with Gasteiger partial charge in [0.2, 0.25) is 0 Å². The van der Waals surface area contributed by atoms with E-state index in [1.54, 1.807) is 0 Å². The molecule has 0 aliphatic heterocycles. The number of carboxylic acids is 1. The molecule has 0 bridgehead atoms. The van der Waals surface area contributed by atoms with Gasteiger partial charge in [0.1, 0.15) is 0 Å². The minimum absolute atomic E-state index is 0.0838. The molecule has 0 radical (unpaired) electrons. The minimum Gasteiger partial charge on any atom is -0.493 e. The molecule has 1 rings (SSSR count). The Morgan fingerprint density at radius 3 is 2.38 bits per heavy atom. The van der Waals surface area contributed by atoms with Crippen molar-refractivity contribution in [2.45, 2.75) is 0 Å². The van der Waals surface area contributed by atoms with E-state index >= 15 is 0 Å². The van der Waals surface area contributed by atoms with Crippen LogP contribution in [0.4, 0.5) is 0 Å². The van der Waals surface area contributed by atoms with E-state index in [2.05, 4.69) is 4.18 Å². The maximum atomic E-state index is 10.9. The third-order valence-electron chi connectivity index (χ3n) is 1.65. The number of hydrogen-bond donors (Lipinski definition) is 1. The van der Waals surface area contributed by atoms with Gasteiger partial charge in [-0.15, -0.1) is 0 Å². The predicted molar refractivity (Wildman–Crippen MR) is 55.4 cm³/mol. The summed E-state index contributed by atoms with van der Waals surface area (Å²) in [6.07, 6.45) is 0.861. The van der Waals surface area contributed by atoms with Crippen LogP contribution in [0.2, 0.25) is 0 Å². The number of benzene rings is 1. The molecule has 0 saturated carbocycles. The molecule has 16 heavy (non-hydrogen) atoms. The first-order chi connectivity index (χ1) is 7.33. The van der Waals surface area contributed by atoms with Gasteiger partial charge in [0.25, 0.3) is 0 Å². The van der Waals surface area contributed by atoms with Crippen molar-refractivity contribution in [3.8, 4) is 11.5 Å². The van der Waals surface area contributed by atoms with Crippen LogP contribution in [0.1, 0.15) is 10.4 Å². The molecule has 0 unspecified atom stereocenters. The largest absolute Gasteiger partial charge is 0.493 e. The maximum Gasteiger partial charge on any atom is 0.335 e. The molecule has 7 heteroatoms. The van der Waals surface area contributed by atoms with Gasteiger partial charge in [0, 0.05) is 6.07 Å². The normalized spacial score (nSPS) is 10.9. The quantitative estimate of drug-likeness (QED) is 0.788. The van der Waals surface area contributed by atoms with Crippen LogP contribution in [0.25, 0.3) is 0 Å². The van der Waals surface area contributed by atoms with Crippen LogP contribution in [-0.2, 0) is 10.1 Å². The molecular formula is C9H10O6S. The monoisotopic (exact) mass is 246 g/mol. The lowest BCUT2D eigenvalue weighted by molar-refractivity contribution is 0.0696. The van der Waals surface area contributed by atoms with Crippen molar-refractivity contribution in [2.75, 3.05) is 13.4 Å². The van der Waals surface area contributed by atoms with E-state index in [0.29, 0.717) is 0 Å². The zero-order valence-electron chi connectivity index (χ0n) is 8.63. The molecule has 0 saturated heterocycles. The van der Waals surface area contributed by atoms with Crippen LogP contribution in [0, 0.1) is 0 Å². The number of ether oxygens (including phenoxy) is 1. The van der Waals surface area contributed by atoms with Crippen molar-refractivity contribution in [2.24, 2.45) is 0 Å². The molecule has 1 N–H and O–H groups in total. The average molecular weight is 246 g/mol. The van der Waals surface area contributed by atoms with Crippen molar-refractivity contribution >= 4 is 16.1 Å². The van der Waals surface area contributed by atoms with E-state index in [4.69, 9.17) is 9.84 Å². The second kappa shape index (κ2) is 4.40. The van der Waals surface area contributed by atoms with Crippen LogP contribution in [0.5, 0.6) is 11.5 Å². The summed E-state index contributed by atoms with van der Waals surface area (Å²) < 4.78 is 31.3. The Bertz CT molecular complexity index is 505. The van der Waals surface area contributed by atoms with Gasteiger partial charge in [-0.05, 0) is 12.1 Å². The van der Waals surface area contributed by atoms with E-state index in [1.807, 2.05) is 0 Å². The fourth-order valence-electron chi connectivity index (χ4n) is 1.04. The molecule has 0 aromatic heterocycles. The molecule has 0 aliphatic rings. The number of hydrogen-bond acceptors (Lipinski definition) is 5. The van der Waals surface area contributed by atoms with Crippen molar-refractivity contribution in [3.05, 3.63) is 23.8 Å². The van der Waals surface area contributed by atoms with Gasteiger partial charge in [-0.3, -0.25) is 0 Å². The number of carboxylic acid groups (broad SMARTS) is 1. The molecule has 1 aromatic rings. The third-order valence-corrected chi connectivity index (χ3v) is 2.13. The molecule has 0 spiro atoms. The van der Waals surface area contributed by atoms with Gasteiger partial charge >= 0.3 is 16.1 Å². The maximum absolute atomic E-state index is 10.9. The molecule has 88 valence electrons. The first kappa shape index (κ1) is 12.3. The average Bonchev–Trinajstić information content (AvgIpc) is 2.15. The summed E-state index contributed by atoms with van der Waals surface area (Å²) in [6.45, 7) is 0. The number of aromatic carboxylic acids is 1. The van der Waals surface area contributed by atoms with Gasteiger partial charge in [-0.2, -0.15) is 8.42 Å². The molecule has 0 heterocycles. The lowest BCUT2D eigenvalue weighted by Crippen LogP contribution is -2.08. The summed E-state index contributed by atoms with van der Waals surface area (Å²) in [4.78, 5) is 10.7. The zero-order chi connectivity index (χ0) is 12.3. The van der Waals surface area contributed by atoms with E-state index < -0.39 is 16.1 Å². The summed E-state index contributed by atoms with van der Waals surface area (Å²) in [5.41, 5.74) is -0.0838. The van der Waals surface area contributed by atoms with Crippen LogP contribution in [0.3, 0.4) is 0 Å². The van der Waals surface area contributed by atoms with E-state index in [9.17, 15) is 13.2 Å². The Labute approximate surface area is 92.5 Å². The van der Waals surface area contributed by atoms with Gasteiger partial charge in [-0.25, -0.2) is 4.79 Å². The van der Waals surface area contributed by atoms with Gasteiger partial charge in [0.15, 0.2) is 11.5 Å². The van der Waals surface area contributed by atoms with E-state index in [-0.39, 0.29) is 17.1 Å². The molecule has 0 atom stereocenters. The van der Waals surface area contributed by atoms with Crippen molar-refractivity contribution in [3.63, 3.8) is 0 Å². The highest BCUT2D eigenvalue weighted by atomic mass is 32.2. The zero-order valence-corrected chi connectivity index (χ0v) is 9.45. The third kappa shape index (κ3) is 3.13. The standard InChI is InChI=1S/C9H10O6S/c1-14-7-4-3-6(9(10)11)5-8(7)15-16(2,12)13/h3-5H,1-2H3,(H,10,11). The summed E-state index contributed by atoms with van der Waals surface area (Å²) in [6, 6.07) is 3.70. The highest BCUT2D eigenvalue weighted by molar-refractivity contribution is 7.86. The van der Waals surface area contributed by atoms with Crippen LogP contribution in [0.15, 0.2) is 18.2 Å². The van der Waals surface area contributed by atoms with Gasteiger partial charge in [-0.1, -0.05) is 0 Å². The second-order valence-electron chi connectivity index (χ2n) is 2.96. The summed E-state index contributed by atoms with van der Waals surface area (Å²) in [7, 11) is -2.40. The molecule has 0 amide bonds. The Kier molecular flexibility index (Phi) is 3.38. The fourth-order valence-corrected chi connectivity index (χ4v) is 1.49. The molecule has 0 aliphatic carbocycles. The summed E-state index contributed by atoms with van der Waals surface area (Å²) in [5.74, 6) is -1.18. The first-order valence-corrected chi connectivity index (χ1v) is 5.96. The number of rotatable bonds is 4. The van der Waals surface area contributed by atoms with Gasteiger partial charge < -0.3 is 14.0 Å². The highest BCUT2D eigenvalue weighted by Gasteiger charge is 2.13. The Hall–Kier alpha value is -1.76. The Balaban J connectivity index is 3.22. The lowest BCUT2D eigenvalue weighted by Gasteiger charge is -2.08. The van der Waals surface area contributed by atoms with Crippen LogP contribution < -0.4 is 8.92 Å². The fraction of sp³-hybridized carbons (Fsp3) is 0.222. The number of carbonyl (C=O) groups is 1. The summed E-state index contributed by atoms with van der Waals surface area (Å²) in [5, 5.41) is 8.73. The Morgan fingerprint density at radius 2 is 1.94 bits per heavy atom. The van der Waals surface area contributed by atoms with Crippen molar-refractivity contribution in [1.29, 1.82) is 0 Å². The van der Waals surface area contributed by atoms with Crippen LogP contribution in [-0.4, -0.2) is 32.9 Å². The van der Waals surface area contributed by atoms with Crippen molar-refractivity contribution < 1.29 is 27.2 Å². The summed E-state index contributed by atoms with van der Waals surface area (Å²) >= 11 is 0.